The second kappa shape index (κ2) is 14.9. The maximum Gasteiger partial charge on any atom is 0.337 e. The molecule has 0 radical (unpaired) electrons. The first-order valence-electron chi connectivity index (χ1n) is 18.7. The maximum atomic E-state index is 14.6. The van der Waals surface area contributed by atoms with E-state index in [1.54, 1.807) is 10.7 Å². The second-order valence-electron chi connectivity index (χ2n) is 14.6. The normalized spacial score (nSPS) is 17.9. The van der Waals surface area contributed by atoms with Crippen molar-refractivity contribution in [1.29, 1.82) is 0 Å². The maximum absolute atomic E-state index is 14.6. The van der Waals surface area contributed by atoms with Gasteiger partial charge in [0.25, 0.3) is 5.56 Å². The first kappa shape index (κ1) is 35.3. The number of carbonyl (C=O) groups excluding carboxylic acids is 1. The van der Waals surface area contributed by atoms with Crippen molar-refractivity contribution in [2.45, 2.75) is 51.6 Å². The van der Waals surface area contributed by atoms with Crippen LogP contribution in [-0.4, -0.2) is 65.7 Å². The number of aromatic nitrogens is 6. The number of rotatable bonds is 9. The quantitative estimate of drug-likeness (QED) is 0.164. The standard InChI is InChI=1S/C42H43FN8O3/c1-28-22-37(46-47(28)2)38(52)23-29-11-15-34(16-12-29)51-41(53)36-25-33(43)26-45-40(36)50(42(51)54)35-7-5-6-32(24-35)31-13-9-30(10-14-31)27-48-18-20-49(21-19-48)39-8-3-4-17-44-39/h3-10,13-14,17,22,24-26,29,34H,11-12,15-16,18-21,23,27H2,1-2H3. The Kier molecular flexibility index (Phi) is 9.76. The van der Waals surface area contributed by atoms with E-state index >= 15 is 0 Å². The third-order valence-electron chi connectivity index (χ3n) is 11.1. The van der Waals surface area contributed by atoms with Crippen LogP contribution in [0.1, 0.15) is 59.9 Å². The highest BCUT2D eigenvalue weighted by atomic mass is 19.1. The van der Waals surface area contributed by atoms with E-state index in [0.717, 1.165) is 67.6 Å². The summed E-state index contributed by atoms with van der Waals surface area (Å²) >= 11 is 0. The van der Waals surface area contributed by atoms with Crippen LogP contribution < -0.4 is 16.1 Å². The molecule has 0 spiro atoms. The summed E-state index contributed by atoms with van der Waals surface area (Å²) in [5.74, 6) is 0.496. The largest absolute Gasteiger partial charge is 0.354 e. The number of pyridine rings is 2. The molecule has 0 atom stereocenters. The second-order valence-corrected chi connectivity index (χ2v) is 14.6. The van der Waals surface area contributed by atoms with Gasteiger partial charge in [0.2, 0.25) is 0 Å². The lowest BCUT2D eigenvalue weighted by molar-refractivity contribution is 0.0937. The molecule has 11 nitrogen and oxygen atoms in total. The highest BCUT2D eigenvalue weighted by Crippen LogP contribution is 2.34. The van der Waals surface area contributed by atoms with Gasteiger partial charge in [0.05, 0.1) is 17.3 Å². The molecular weight excluding hydrogens is 684 g/mol. The van der Waals surface area contributed by atoms with E-state index in [4.69, 9.17) is 0 Å². The van der Waals surface area contributed by atoms with Gasteiger partial charge in [0, 0.05) is 64.1 Å². The lowest BCUT2D eigenvalue weighted by atomic mass is 9.82. The molecule has 2 aliphatic rings. The van der Waals surface area contributed by atoms with Crippen LogP contribution in [0.5, 0.6) is 0 Å². The Hall–Kier alpha value is -5.75. The number of benzene rings is 2. The van der Waals surface area contributed by atoms with Gasteiger partial charge >= 0.3 is 5.69 Å². The molecule has 0 bridgehead atoms. The van der Waals surface area contributed by atoms with Gasteiger partial charge < -0.3 is 4.90 Å². The Morgan fingerprint density at radius 1 is 0.852 bits per heavy atom. The van der Waals surface area contributed by atoms with Crippen molar-refractivity contribution in [2.75, 3.05) is 31.1 Å². The number of fused-ring (bicyclic) bond motifs is 1. The number of ketones is 1. The van der Waals surface area contributed by atoms with Crippen LogP contribution in [0.3, 0.4) is 0 Å². The van der Waals surface area contributed by atoms with Gasteiger partial charge in [-0.1, -0.05) is 42.5 Å². The highest BCUT2D eigenvalue weighted by Gasteiger charge is 2.29. The molecule has 276 valence electrons. The molecule has 1 aliphatic carbocycles. The Morgan fingerprint density at radius 2 is 1.63 bits per heavy atom. The molecule has 2 fully saturated rings. The van der Waals surface area contributed by atoms with Crippen LogP contribution in [0.25, 0.3) is 27.8 Å². The van der Waals surface area contributed by atoms with Crippen molar-refractivity contribution in [3.05, 3.63) is 135 Å². The number of hydrogen-bond donors (Lipinski definition) is 0. The van der Waals surface area contributed by atoms with E-state index in [0.29, 0.717) is 43.5 Å². The summed E-state index contributed by atoms with van der Waals surface area (Å²) in [7, 11) is 1.81. The van der Waals surface area contributed by atoms with Crippen molar-refractivity contribution in [1.82, 2.24) is 33.8 Å². The van der Waals surface area contributed by atoms with Crippen molar-refractivity contribution in [2.24, 2.45) is 13.0 Å². The number of halogens is 1. The van der Waals surface area contributed by atoms with Crippen LogP contribution in [-0.2, 0) is 13.6 Å². The fraction of sp³-hybridized carbons (Fsp3) is 0.333. The fourth-order valence-corrected chi connectivity index (χ4v) is 7.97. The zero-order chi connectivity index (χ0) is 37.3. The van der Waals surface area contributed by atoms with Crippen LogP contribution in [0, 0.1) is 18.7 Å². The van der Waals surface area contributed by atoms with E-state index in [9.17, 15) is 18.8 Å². The SMILES string of the molecule is Cc1cc(C(=O)CC2CCC(n3c(=O)c4cc(F)cnc4n(-c4cccc(-c5ccc(CN6CCN(c7ccccn7)CC6)cc5)c4)c3=O)CC2)nn1C. The molecule has 0 N–H and O–H groups in total. The fourth-order valence-electron chi connectivity index (χ4n) is 7.97. The van der Waals surface area contributed by atoms with Crippen LogP contribution >= 0.6 is 0 Å². The number of aryl methyl sites for hydroxylation is 2. The minimum atomic E-state index is -0.646. The highest BCUT2D eigenvalue weighted by molar-refractivity contribution is 5.94. The number of nitrogens with zero attached hydrogens (tertiary/aromatic N) is 8. The van der Waals surface area contributed by atoms with Gasteiger partial charge in [0.15, 0.2) is 11.4 Å². The Labute approximate surface area is 312 Å². The molecule has 1 saturated carbocycles. The minimum absolute atomic E-state index is 0.000930. The zero-order valence-electron chi connectivity index (χ0n) is 30.6. The first-order valence-corrected chi connectivity index (χ1v) is 18.7. The topological polar surface area (TPSA) is 111 Å². The Balaban J connectivity index is 1.01. The summed E-state index contributed by atoms with van der Waals surface area (Å²) in [4.78, 5) is 54.7. The lowest BCUT2D eigenvalue weighted by Crippen LogP contribution is -2.46. The molecule has 4 aromatic heterocycles. The van der Waals surface area contributed by atoms with Gasteiger partial charge in [-0.05, 0) is 91.6 Å². The number of hydrogen-bond acceptors (Lipinski definition) is 8. The van der Waals surface area contributed by atoms with Crippen molar-refractivity contribution in [3.8, 4) is 16.8 Å². The smallest absolute Gasteiger partial charge is 0.337 e. The zero-order valence-corrected chi connectivity index (χ0v) is 30.6. The predicted molar refractivity (Wildman–Crippen MR) is 207 cm³/mol. The summed E-state index contributed by atoms with van der Waals surface area (Å²) in [6, 6.07) is 24.6. The molecule has 1 saturated heterocycles. The molecule has 6 aromatic rings. The van der Waals surface area contributed by atoms with E-state index in [2.05, 4.69) is 55.2 Å². The van der Waals surface area contributed by atoms with Gasteiger partial charge in [-0.15, -0.1) is 0 Å². The van der Waals surface area contributed by atoms with Crippen molar-refractivity contribution < 1.29 is 9.18 Å². The van der Waals surface area contributed by atoms with E-state index in [-0.39, 0.29) is 28.8 Å². The monoisotopic (exact) mass is 726 g/mol. The summed E-state index contributed by atoms with van der Waals surface area (Å²) < 4.78 is 19.0. The molecule has 2 aromatic carbocycles. The Bertz CT molecular complexity index is 2400. The van der Waals surface area contributed by atoms with Crippen molar-refractivity contribution in [3.63, 3.8) is 0 Å². The van der Waals surface area contributed by atoms with E-state index < -0.39 is 17.1 Å². The summed E-state index contributed by atoms with van der Waals surface area (Å²) in [6.07, 6.45) is 5.70. The molecule has 8 rings (SSSR count). The van der Waals surface area contributed by atoms with Crippen molar-refractivity contribution >= 4 is 22.6 Å². The number of anilines is 1. The molecule has 54 heavy (non-hydrogen) atoms. The summed E-state index contributed by atoms with van der Waals surface area (Å²) in [5.41, 5.74) is 4.07. The average molecular weight is 727 g/mol. The van der Waals surface area contributed by atoms with Crippen LogP contribution in [0.4, 0.5) is 10.2 Å². The minimum Gasteiger partial charge on any atom is -0.354 e. The molecule has 5 heterocycles. The molecular formula is C42H43FN8O3. The van der Waals surface area contributed by atoms with E-state index in [1.807, 2.05) is 56.6 Å². The van der Waals surface area contributed by atoms with Gasteiger partial charge in [0.1, 0.15) is 17.3 Å². The average Bonchev–Trinajstić information content (AvgIpc) is 3.54. The summed E-state index contributed by atoms with van der Waals surface area (Å²) in [5, 5.41) is 4.38. The number of carbonyl (C=O) groups is 1. The van der Waals surface area contributed by atoms with Gasteiger partial charge in [-0.2, -0.15) is 5.10 Å². The Morgan fingerprint density at radius 3 is 2.33 bits per heavy atom. The molecule has 0 amide bonds. The number of piperazine rings is 1. The first-order chi connectivity index (χ1) is 26.2. The third kappa shape index (κ3) is 7.13. The predicted octanol–water partition coefficient (Wildman–Crippen LogP) is 6.12. The van der Waals surface area contributed by atoms with E-state index in [1.165, 1.54) is 14.7 Å². The van der Waals surface area contributed by atoms with Gasteiger partial charge in [-0.25, -0.2) is 23.7 Å². The van der Waals surface area contributed by atoms with Gasteiger partial charge in [-0.3, -0.25) is 23.7 Å². The molecule has 12 heteroatoms. The third-order valence-corrected chi connectivity index (χ3v) is 11.1. The molecule has 1 aliphatic heterocycles. The number of Topliss-reactive ketones (excluding diaryl/α,β-unsaturated/α-hetero) is 1. The lowest BCUT2D eigenvalue weighted by Gasteiger charge is -2.35. The summed E-state index contributed by atoms with van der Waals surface area (Å²) in [6.45, 7) is 6.53. The van der Waals surface area contributed by atoms with Crippen LogP contribution in [0.15, 0.2) is 101 Å². The molecule has 0 unspecified atom stereocenters. The van der Waals surface area contributed by atoms with Crippen LogP contribution in [0.2, 0.25) is 0 Å².